The quantitative estimate of drug-likeness (QED) is 0.904. The molecule has 1 atom stereocenters. The van der Waals surface area contributed by atoms with Crippen LogP contribution in [0.1, 0.15) is 41.0 Å². The van der Waals surface area contributed by atoms with Crippen molar-refractivity contribution in [1.29, 1.82) is 0 Å². The van der Waals surface area contributed by atoms with Crippen molar-refractivity contribution in [2.24, 2.45) is 5.92 Å². The van der Waals surface area contributed by atoms with Crippen LogP contribution < -0.4 is 0 Å². The molecule has 1 aromatic carbocycles. The molecule has 1 aromatic rings. The molecule has 1 N–H and O–H groups in total. The molecule has 0 aliphatic carbocycles. The maximum atomic E-state index is 9.87. The van der Waals surface area contributed by atoms with Gasteiger partial charge in [0.2, 0.25) is 0 Å². The maximum Gasteiger partial charge on any atom is 0.0502 e. The Morgan fingerprint density at radius 2 is 1.68 bits per heavy atom. The molecule has 106 valence electrons. The van der Waals surface area contributed by atoms with Gasteiger partial charge in [-0.1, -0.05) is 12.1 Å². The summed E-state index contributed by atoms with van der Waals surface area (Å²) in [6.07, 6.45) is 2.40. The third kappa shape index (κ3) is 3.18. The first kappa shape index (κ1) is 14.5. The normalized spacial score (nSPS) is 19.6. The summed E-state index contributed by atoms with van der Waals surface area (Å²) in [7, 11) is 2.19. The van der Waals surface area contributed by atoms with Gasteiger partial charge in [-0.05, 0) is 81.9 Å². The molecule has 0 radical (unpaired) electrons. The number of benzene rings is 1. The lowest BCUT2D eigenvalue weighted by atomic mass is 9.78. The standard InChI is InChI=1S/C17H27NO/c1-12-9-14(3)16(10-13(12)2)17(11-19)15-5-7-18(4)8-6-15/h9-10,15,17,19H,5-8,11H2,1-4H3. The van der Waals surface area contributed by atoms with Crippen LogP contribution >= 0.6 is 0 Å². The van der Waals surface area contributed by atoms with Crippen LogP contribution in [-0.4, -0.2) is 36.8 Å². The van der Waals surface area contributed by atoms with Gasteiger partial charge in [-0.3, -0.25) is 0 Å². The summed E-state index contributed by atoms with van der Waals surface area (Å²) in [5.41, 5.74) is 5.38. The van der Waals surface area contributed by atoms with E-state index in [9.17, 15) is 5.11 Å². The first-order valence-corrected chi connectivity index (χ1v) is 7.40. The van der Waals surface area contributed by atoms with Gasteiger partial charge in [0.1, 0.15) is 0 Å². The Hall–Kier alpha value is -0.860. The van der Waals surface area contributed by atoms with E-state index < -0.39 is 0 Å². The van der Waals surface area contributed by atoms with E-state index in [2.05, 4.69) is 44.9 Å². The summed E-state index contributed by atoms with van der Waals surface area (Å²) in [4.78, 5) is 2.39. The fourth-order valence-electron chi connectivity index (χ4n) is 3.31. The zero-order valence-corrected chi connectivity index (χ0v) is 12.7. The second-order valence-electron chi connectivity index (χ2n) is 6.22. The Balaban J connectivity index is 2.24. The topological polar surface area (TPSA) is 23.5 Å². The zero-order chi connectivity index (χ0) is 14.0. The van der Waals surface area contributed by atoms with Crippen LogP contribution in [0, 0.1) is 26.7 Å². The maximum absolute atomic E-state index is 9.87. The Morgan fingerprint density at radius 1 is 1.11 bits per heavy atom. The third-order valence-electron chi connectivity index (χ3n) is 4.81. The number of piperidine rings is 1. The van der Waals surface area contributed by atoms with Crippen LogP contribution in [0.15, 0.2) is 12.1 Å². The molecule has 0 spiro atoms. The fourth-order valence-corrected chi connectivity index (χ4v) is 3.31. The van der Waals surface area contributed by atoms with Crippen molar-refractivity contribution in [2.75, 3.05) is 26.7 Å². The molecular formula is C17H27NO. The predicted octanol–water partition coefficient (Wildman–Crippen LogP) is 3.03. The number of aliphatic hydroxyl groups excluding tert-OH is 1. The molecule has 1 fully saturated rings. The van der Waals surface area contributed by atoms with Crippen LogP contribution in [0.25, 0.3) is 0 Å². The Labute approximate surface area is 117 Å². The van der Waals surface area contributed by atoms with Crippen molar-refractivity contribution in [3.63, 3.8) is 0 Å². The van der Waals surface area contributed by atoms with Gasteiger partial charge in [0.05, 0.1) is 6.61 Å². The number of hydrogen-bond acceptors (Lipinski definition) is 2. The minimum Gasteiger partial charge on any atom is -0.396 e. The van der Waals surface area contributed by atoms with Crippen LogP contribution in [0.4, 0.5) is 0 Å². The van der Waals surface area contributed by atoms with E-state index in [1.54, 1.807) is 0 Å². The second-order valence-corrected chi connectivity index (χ2v) is 6.22. The molecule has 1 heterocycles. The molecular weight excluding hydrogens is 234 g/mol. The molecule has 0 saturated carbocycles. The summed E-state index contributed by atoms with van der Waals surface area (Å²) < 4.78 is 0. The molecule has 2 rings (SSSR count). The minimum absolute atomic E-state index is 0.276. The van der Waals surface area contributed by atoms with Gasteiger partial charge in [0, 0.05) is 5.92 Å². The van der Waals surface area contributed by atoms with E-state index in [0.717, 1.165) is 13.1 Å². The molecule has 2 heteroatoms. The highest BCUT2D eigenvalue weighted by molar-refractivity contribution is 5.39. The number of aliphatic hydroxyl groups is 1. The van der Waals surface area contributed by atoms with Crippen molar-refractivity contribution < 1.29 is 5.11 Å². The summed E-state index contributed by atoms with van der Waals surface area (Å²) in [6.45, 7) is 9.10. The van der Waals surface area contributed by atoms with E-state index in [0.29, 0.717) is 11.8 Å². The molecule has 1 unspecified atom stereocenters. The molecule has 1 aliphatic rings. The number of hydrogen-bond donors (Lipinski definition) is 1. The lowest BCUT2D eigenvalue weighted by Gasteiger charge is -2.34. The number of likely N-dealkylation sites (tertiary alicyclic amines) is 1. The van der Waals surface area contributed by atoms with Crippen LogP contribution in [0.3, 0.4) is 0 Å². The SMILES string of the molecule is Cc1cc(C)c(C(CO)C2CCN(C)CC2)cc1C. The largest absolute Gasteiger partial charge is 0.396 e. The molecule has 0 aromatic heterocycles. The van der Waals surface area contributed by atoms with E-state index in [1.165, 1.54) is 35.1 Å². The van der Waals surface area contributed by atoms with Crippen molar-refractivity contribution in [1.82, 2.24) is 4.90 Å². The monoisotopic (exact) mass is 261 g/mol. The minimum atomic E-state index is 0.276. The van der Waals surface area contributed by atoms with E-state index in [4.69, 9.17) is 0 Å². The summed E-state index contributed by atoms with van der Waals surface area (Å²) in [5, 5.41) is 9.87. The average molecular weight is 261 g/mol. The molecule has 19 heavy (non-hydrogen) atoms. The van der Waals surface area contributed by atoms with Gasteiger partial charge in [-0.25, -0.2) is 0 Å². The average Bonchev–Trinajstić information content (AvgIpc) is 2.38. The Morgan fingerprint density at radius 3 is 2.26 bits per heavy atom. The van der Waals surface area contributed by atoms with Gasteiger partial charge in [-0.2, -0.15) is 0 Å². The lowest BCUT2D eigenvalue weighted by Crippen LogP contribution is -2.33. The van der Waals surface area contributed by atoms with Crippen molar-refractivity contribution in [3.8, 4) is 0 Å². The third-order valence-corrected chi connectivity index (χ3v) is 4.81. The molecule has 2 nitrogen and oxygen atoms in total. The van der Waals surface area contributed by atoms with E-state index in [1.807, 2.05) is 0 Å². The van der Waals surface area contributed by atoms with Gasteiger partial charge < -0.3 is 10.0 Å². The smallest absolute Gasteiger partial charge is 0.0502 e. The van der Waals surface area contributed by atoms with Crippen LogP contribution in [0.5, 0.6) is 0 Å². The number of rotatable bonds is 3. The van der Waals surface area contributed by atoms with E-state index >= 15 is 0 Å². The second kappa shape index (κ2) is 6.06. The van der Waals surface area contributed by atoms with Crippen molar-refractivity contribution in [2.45, 2.75) is 39.5 Å². The molecule has 0 amide bonds. The lowest BCUT2D eigenvalue weighted by molar-refractivity contribution is 0.156. The summed E-state index contributed by atoms with van der Waals surface area (Å²) in [6, 6.07) is 4.56. The highest BCUT2D eigenvalue weighted by Gasteiger charge is 2.27. The van der Waals surface area contributed by atoms with Crippen molar-refractivity contribution in [3.05, 3.63) is 34.4 Å². The number of aryl methyl sites for hydroxylation is 3. The summed E-state index contributed by atoms with van der Waals surface area (Å²) in [5.74, 6) is 0.940. The highest BCUT2D eigenvalue weighted by atomic mass is 16.3. The van der Waals surface area contributed by atoms with Gasteiger partial charge in [0.25, 0.3) is 0 Å². The van der Waals surface area contributed by atoms with Gasteiger partial charge in [0.15, 0.2) is 0 Å². The van der Waals surface area contributed by atoms with Gasteiger partial charge >= 0.3 is 0 Å². The number of nitrogens with zero attached hydrogens (tertiary/aromatic N) is 1. The van der Waals surface area contributed by atoms with Crippen molar-refractivity contribution >= 4 is 0 Å². The fraction of sp³-hybridized carbons (Fsp3) is 0.647. The zero-order valence-electron chi connectivity index (χ0n) is 12.7. The molecule has 1 saturated heterocycles. The molecule has 1 aliphatic heterocycles. The highest BCUT2D eigenvalue weighted by Crippen LogP contribution is 2.34. The predicted molar refractivity (Wildman–Crippen MR) is 80.7 cm³/mol. The molecule has 0 bridgehead atoms. The Bertz CT molecular complexity index is 433. The van der Waals surface area contributed by atoms with E-state index in [-0.39, 0.29) is 6.61 Å². The summed E-state index contributed by atoms with van der Waals surface area (Å²) >= 11 is 0. The van der Waals surface area contributed by atoms with Crippen LogP contribution in [0.2, 0.25) is 0 Å². The Kier molecular flexibility index (Phi) is 4.64. The first-order chi connectivity index (χ1) is 9.02. The first-order valence-electron chi connectivity index (χ1n) is 7.40. The van der Waals surface area contributed by atoms with Gasteiger partial charge in [-0.15, -0.1) is 0 Å². The van der Waals surface area contributed by atoms with Crippen LogP contribution in [-0.2, 0) is 0 Å².